The largest absolute Gasteiger partial charge is 0.481 e. The average Bonchev–Trinajstić information content (AvgIpc) is 3.26. The minimum atomic E-state index is -0.730. The maximum atomic E-state index is 12.2. The Hall–Kier alpha value is -2.24. The van der Waals surface area contributed by atoms with Crippen LogP contribution in [0.5, 0.6) is 0 Å². The summed E-state index contributed by atoms with van der Waals surface area (Å²) in [5, 5.41) is 29.4. The number of ether oxygens (including phenoxy) is 2. The van der Waals surface area contributed by atoms with E-state index in [1.807, 2.05) is 0 Å². The number of carboxylic acid groups (broad SMARTS) is 2. The molecule has 64 heavy (non-hydrogen) atoms. The van der Waals surface area contributed by atoms with Crippen LogP contribution in [0.1, 0.15) is 258 Å². The van der Waals surface area contributed by atoms with Gasteiger partial charge in [-0.1, -0.05) is 168 Å². The third-order valence-corrected chi connectivity index (χ3v) is 12.4. The molecule has 0 rings (SSSR count). The van der Waals surface area contributed by atoms with Gasteiger partial charge in [0.05, 0.1) is 19.3 Å². The van der Waals surface area contributed by atoms with Crippen LogP contribution in [0.3, 0.4) is 0 Å². The molecule has 0 amide bonds. The van der Waals surface area contributed by atoms with E-state index in [9.17, 15) is 24.3 Å². The Morgan fingerprint density at radius 1 is 0.359 bits per heavy atom. The molecule has 0 heterocycles. The second-order valence-corrected chi connectivity index (χ2v) is 18.8. The molecule has 0 fully saturated rings. The first kappa shape index (κ1) is 61.8. The van der Waals surface area contributed by atoms with E-state index in [1.54, 1.807) is 0 Å². The van der Waals surface area contributed by atoms with Gasteiger partial charge in [0.15, 0.2) is 0 Å². The van der Waals surface area contributed by atoms with Gasteiger partial charge in [-0.15, -0.1) is 0 Å². The van der Waals surface area contributed by atoms with Crippen molar-refractivity contribution in [2.45, 2.75) is 264 Å². The Balaban J connectivity index is 4.81. The number of carbonyl (C=O) groups is 4. The number of carbonyl (C=O) groups excluding carboxylic acids is 2. The van der Waals surface area contributed by atoms with E-state index in [0.29, 0.717) is 39.1 Å². The molecular weight excluding hydrogens is 809 g/mol. The van der Waals surface area contributed by atoms with Gasteiger partial charge in [-0.25, -0.2) is 0 Å². The molecule has 0 aliphatic heterocycles. The van der Waals surface area contributed by atoms with Gasteiger partial charge in [-0.05, 0) is 90.4 Å². The second kappa shape index (κ2) is 48.7. The summed E-state index contributed by atoms with van der Waals surface area (Å²) in [5.74, 6) is -1.60. The zero-order valence-electron chi connectivity index (χ0n) is 41.8. The van der Waals surface area contributed by atoms with Crippen molar-refractivity contribution in [1.82, 2.24) is 9.80 Å². The van der Waals surface area contributed by atoms with Crippen molar-refractivity contribution in [3.8, 4) is 0 Å². The summed E-state index contributed by atoms with van der Waals surface area (Å²) < 4.78 is 10.9. The van der Waals surface area contributed by atoms with Crippen molar-refractivity contribution < 1.29 is 44.0 Å². The molecule has 0 radical (unpaired) electrons. The van der Waals surface area contributed by atoms with Gasteiger partial charge in [-0.3, -0.25) is 19.2 Å². The van der Waals surface area contributed by atoms with E-state index < -0.39 is 18.0 Å². The van der Waals surface area contributed by atoms with Crippen LogP contribution in [0.4, 0.5) is 0 Å². The summed E-state index contributed by atoms with van der Waals surface area (Å²) in [7, 11) is 0. The summed E-state index contributed by atoms with van der Waals surface area (Å²) in [6.45, 7) is 10.5. The van der Waals surface area contributed by atoms with Gasteiger partial charge in [0.2, 0.25) is 0 Å². The monoisotopic (exact) mass is 911 g/mol. The fourth-order valence-corrected chi connectivity index (χ4v) is 8.43. The first-order valence-corrected chi connectivity index (χ1v) is 27.0. The van der Waals surface area contributed by atoms with Gasteiger partial charge in [0.25, 0.3) is 0 Å². The van der Waals surface area contributed by atoms with Crippen molar-refractivity contribution in [3.05, 3.63) is 0 Å². The molecule has 0 saturated heterocycles. The molecule has 0 aromatic rings. The Bertz CT molecular complexity index is 981. The number of aliphatic hydroxyl groups excluding tert-OH is 1. The maximum absolute atomic E-state index is 12.2. The van der Waals surface area contributed by atoms with E-state index in [4.69, 9.17) is 19.7 Å². The van der Waals surface area contributed by atoms with E-state index >= 15 is 0 Å². The Morgan fingerprint density at radius 2 is 0.609 bits per heavy atom. The van der Waals surface area contributed by atoms with Crippen LogP contribution < -0.4 is 0 Å². The number of aliphatic hydroxyl groups is 1. The summed E-state index contributed by atoms with van der Waals surface area (Å²) >= 11 is 0. The minimum absolute atomic E-state index is 0.0677. The Morgan fingerprint density at radius 3 is 0.906 bits per heavy atom. The molecule has 0 unspecified atom stereocenters. The topological polar surface area (TPSA) is 154 Å². The van der Waals surface area contributed by atoms with Crippen molar-refractivity contribution in [2.75, 3.05) is 52.5 Å². The first-order valence-electron chi connectivity index (χ1n) is 27.0. The third-order valence-electron chi connectivity index (χ3n) is 12.4. The van der Waals surface area contributed by atoms with Crippen LogP contribution in [0.15, 0.2) is 0 Å². The molecule has 0 aliphatic rings. The highest BCUT2D eigenvalue weighted by Crippen LogP contribution is 2.15. The van der Waals surface area contributed by atoms with Gasteiger partial charge >= 0.3 is 23.9 Å². The van der Waals surface area contributed by atoms with Gasteiger partial charge < -0.3 is 34.6 Å². The molecule has 0 aromatic carbocycles. The predicted molar refractivity (Wildman–Crippen MR) is 263 cm³/mol. The Labute approximate surface area is 392 Å². The summed E-state index contributed by atoms with van der Waals surface area (Å²) in [6, 6.07) is 0. The van der Waals surface area contributed by atoms with Crippen LogP contribution >= 0.6 is 0 Å². The molecule has 11 nitrogen and oxygen atoms in total. The van der Waals surface area contributed by atoms with Gasteiger partial charge in [0, 0.05) is 38.8 Å². The highest BCUT2D eigenvalue weighted by Gasteiger charge is 2.16. The number of hydrogen-bond acceptors (Lipinski definition) is 9. The van der Waals surface area contributed by atoms with E-state index in [-0.39, 0.29) is 24.8 Å². The fourth-order valence-electron chi connectivity index (χ4n) is 8.43. The standard InChI is InChI=1S/C53H102N2O9/c1-3-5-7-9-11-25-35-45-63-52(61)39-29-19-15-23-33-43-54(41-31-21-13-17-27-37-50(57)58)47-49(56)48-55(42-32-22-14-18-28-38-51(59)60)44-34-24-16-20-30-40-53(62)64-46-36-26-12-10-8-6-4-2/h49,56H,3-48H2,1-2H3,(H,57,58)(H,59,60). The van der Waals surface area contributed by atoms with Crippen LogP contribution in [0, 0.1) is 0 Å². The van der Waals surface area contributed by atoms with Crippen molar-refractivity contribution in [2.24, 2.45) is 0 Å². The summed E-state index contributed by atoms with van der Waals surface area (Å²) in [5.41, 5.74) is 0. The van der Waals surface area contributed by atoms with Crippen molar-refractivity contribution in [3.63, 3.8) is 0 Å². The molecule has 378 valence electrons. The van der Waals surface area contributed by atoms with Gasteiger partial charge in [0.1, 0.15) is 0 Å². The summed E-state index contributed by atoms with van der Waals surface area (Å²) in [4.78, 5) is 51.0. The SMILES string of the molecule is CCCCCCCCCOC(=O)CCCCCCCN(CCCCCCCC(=O)O)CC(O)CN(CCCCCCCC(=O)O)CCCCCCCC(=O)OCCCCCCCCC. The number of hydrogen-bond donors (Lipinski definition) is 3. The normalized spacial score (nSPS) is 11.6. The molecule has 0 aromatic heterocycles. The zero-order chi connectivity index (χ0) is 47.0. The number of unbranched alkanes of at least 4 members (excludes halogenated alkanes) is 28. The zero-order valence-corrected chi connectivity index (χ0v) is 41.8. The maximum Gasteiger partial charge on any atom is 0.305 e. The van der Waals surface area contributed by atoms with Crippen molar-refractivity contribution in [1.29, 1.82) is 0 Å². The lowest BCUT2D eigenvalue weighted by molar-refractivity contribution is -0.144. The number of esters is 2. The highest BCUT2D eigenvalue weighted by atomic mass is 16.5. The molecule has 0 bridgehead atoms. The molecule has 0 atom stereocenters. The first-order chi connectivity index (χ1) is 31.2. The third kappa shape index (κ3) is 47.7. The number of nitrogens with zero attached hydrogens (tertiary/aromatic N) is 2. The predicted octanol–water partition coefficient (Wildman–Crippen LogP) is 13.1. The highest BCUT2D eigenvalue weighted by molar-refractivity contribution is 5.69. The van der Waals surface area contributed by atoms with Crippen LogP contribution in [0.25, 0.3) is 0 Å². The lowest BCUT2D eigenvalue weighted by Crippen LogP contribution is -2.41. The molecule has 0 spiro atoms. The number of carboxylic acids is 2. The van der Waals surface area contributed by atoms with Crippen LogP contribution in [-0.2, 0) is 28.7 Å². The van der Waals surface area contributed by atoms with E-state index in [0.717, 1.165) is 180 Å². The van der Waals surface area contributed by atoms with E-state index in [1.165, 1.54) is 64.2 Å². The molecule has 0 aliphatic carbocycles. The quantitative estimate of drug-likeness (QED) is 0.0395. The van der Waals surface area contributed by atoms with E-state index in [2.05, 4.69) is 23.6 Å². The second-order valence-electron chi connectivity index (χ2n) is 18.8. The van der Waals surface area contributed by atoms with Crippen molar-refractivity contribution >= 4 is 23.9 Å². The lowest BCUT2D eigenvalue weighted by Gasteiger charge is -2.29. The summed E-state index contributed by atoms with van der Waals surface area (Å²) in [6.07, 6.45) is 37.7. The number of aliphatic carboxylic acids is 2. The van der Waals surface area contributed by atoms with Crippen LogP contribution in [0.2, 0.25) is 0 Å². The van der Waals surface area contributed by atoms with Gasteiger partial charge in [-0.2, -0.15) is 0 Å². The minimum Gasteiger partial charge on any atom is -0.481 e. The molecule has 3 N–H and O–H groups in total. The fraction of sp³-hybridized carbons (Fsp3) is 0.925. The molecule has 11 heteroatoms. The lowest BCUT2D eigenvalue weighted by atomic mass is 10.1. The molecular formula is C53H102N2O9. The molecule has 0 saturated carbocycles. The van der Waals surface area contributed by atoms with Crippen LogP contribution in [-0.4, -0.2) is 108 Å². The smallest absolute Gasteiger partial charge is 0.305 e. The Kier molecular flexibility index (Phi) is 47.0. The average molecular weight is 911 g/mol. The number of rotatable bonds is 52.